The number of halogens is 1. The highest BCUT2D eigenvalue weighted by molar-refractivity contribution is 9.24. The minimum Gasteiger partial charge on any atom is -0.337 e. The zero-order valence-electron chi connectivity index (χ0n) is 17.2. The van der Waals surface area contributed by atoms with E-state index in [4.69, 9.17) is 4.99 Å². The molecule has 0 aromatic heterocycles. The van der Waals surface area contributed by atoms with Crippen LogP contribution in [0.2, 0.25) is 11.6 Å². The summed E-state index contributed by atoms with van der Waals surface area (Å²) in [5, 5.41) is 0. The van der Waals surface area contributed by atoms with Gasteiger partial charge in [-0.05, 0) is 49.7 Å². The molecule has 4 aliphatic carbocycles. The molecular weight excluding hydrogens is 409 g/mol. The molecule has 0 aromatic carbocycles. The third kappa shape index (κ3) is 2.21. The maximum atomic E-state index is 5.56. The molecule has 2 saturated heterocycles. The average Bonchev–Trinajstić information content (AvgIpc) is 3.13. The van der Waals surface area contributed by atoms with E-state index in [1.807, 2.05) is 0 Å². The lowest BCUT2D eigenvalue weighted by Gasteiger charge is -2.67. The summed E-state index contributed by atoms with van der Waals surface area (Å²) in [6.07, 6.45) is 18.7. The first kappa shape index (κ1) is 17.5. The second-order valence-corrected chi connectivity index (χ2v) is 12.2. The van der Waals surface area contributed by atoms with Crippen molar-refractivity contribution in [3.05, 3.63) is 0 Å². The normalized spacial score (nSPS) is 51.7. The van der Waals surface area contributed by atoms with E-state index in [-0.39, 0.29) is 0 Å². The van der Waals surface area contributed by atoms with E-state index < -0.39 is 0 Å². The maximum Gasteiger partial charge on any atom is 0.233 e. The Bertz CT molecular complexity index is 685. The fourth-order valence-corrected chi connectivity index (χ4v) is 10.5. The predicted octanol–water partition coefficient (Wildman–Crippen LogP) is 5.32. The fourth-order valence-electron chi connectivity index (χ4n) is 9.26. The summed E-state index contributed by atoms with van der Waals surface area (Å²) in [7, 11) is 0. The van der Waals surface area contributed by atoms with Crippen LogP contribution < -0.4 is 0 Å². The first-order valence-electron chi connectivity index (χ1n) is 12.6. The second kappa shape index (κ2) is 6.41. The van der Waals surface area contributed by atoms with Crippen molar-refractivity contribution >= 4 is 27.3 Å². The summed E-state index contributed by atoms with van der Waals surface area (Å²) in [5.41, 5.74) is 0.762. The van der Waals surface area contributed by atoms with Gasteiger partial charge in [0.2, 0.25) is 5.54 Å². The number of nitrogens with zero attached hydrogens (tertiary/aromatic N) is 3. The van der Waals surface area contributed by atoms with Crippen LogP contribution >= 0.6 is 15.8 Å². The molecule has 3 aliphatic heterocycles. The molecule has 152 valence electrons. The zero-order chi connectivity index (χ0) is 18.4. The van der Waals surface area contributed by atoms with Crippen LogP contribution in [0.3, 0.4) is 0 Å². The standard InChI is InChI=1S/C23H35BBrN3/c25-24-15-7-1-3-9-18(15)28-22-16(24)13-12-14-6-5-11-20(21(14)22)27-19-10-4-2-8-17(19)26-23(27)28/h14-22H,1-13H2. The quantitative estimate of drug-likeness (QED) is 0.472. The molecule has 0 radical (unpaired) electrons. The Kier molecular flexibility index (Phi) is 4.00. The van der Waals surface area contributed by atoms with Gasteiger partial charge in [0.15, 0.2) is 5.96 Å². The van der Waals surface area contributed by atoms with Crippen molar-refractivity contribution in [3.8, 4) is 0 Å². The predicted molar refractivity (Wildman–Crippen MR) is 119 cm³/mol. The summed E-state index contributed by atoms with van der Waals surface area (Å²) in [4.78, 5) is 11.5. The minimum atomic E-state index is 0.617. The molecule has 6 fully saturated rings. The molecule has 0 aromatic rings. The molecule has 0 amide bonds. The van der Waals surface area contributed by atoms with Crippen molar-refractivity contribution in [2.45, 2.75) is 125 Å². The van der Waals surface area contributed by atoms with Crippen molar-refractivity contribution in [3.63, 3.8) is 0 Å². The largest absolute Gasteiger partial charge is 0.337 e. The van der Waals surface area contributed by atoms with Crippen molar-refractivity contribution in [2.24, 2.45) is 16.8 Å². The van der Waals surface area contributed by atoms with Gasteiger partial charge in [-0.1, -0.05) is 51.4 Å². The molecule has 0 N–H and O–H groups in total. The molecule has 3 heterocycles. The molecule has 3 nitrogen and oxygen atoms in total. The van der Waals surface area contributed by atoms with Gasteiger partial charge in [0.05, 0.1) is 12.1 Å². The number of aliphatic imine (C=N–C) groups is 1. The number of rotatable bonds is 0. The van der Waals surface area contributed by atoms with Gasteiger partial charge in [-0.15, -0.1) is 0 Å². The van der Waals surface area contributed by atoms with E-state index in [0.29, 0.717) is 6.04 Å². The van der Waals surface area contributed by atoms with Gasteiger partial charge in [0.25, 0.3) is 0 Å². The Morgan fingerprint density at radius 1 is 0.714 bits per heavy atom. The zero-order valence-corrected chi connectivity index (χ0v) is 18.8. The Hall–Kier alpha value is -0.185. The molecule has 5 heteroatoms. The van der Waals surface area contributed by atoms with Crippen molar-refractivity contribution in [1.29, 1.82) is 0 Å². The highest BCUT2D eigenvalue weighted by Gasteiger charge is 2.64. The Morgan fingerprint density at radius 2 is 1.50 bits per heavy atom. The molecule has 0 spiro atoms. The van der Waals surface area contributed by atoms with E-state index in [2.05, 4.69) is 25.6 Å². The van der Waals surface area contributed by atoms with Gasteiger partial charge in [-0.2, -0.15) is 15.8 Å². The molecule has 9 unspecified atom stereocenters. The maximum absolute atomic E-state index is 5.56. The van der Waals surface area contributed by atoms with E-state index >= 15 is 0 Å². The number of hydrogen-bond acceptors (Lipinski definition) is 3. The lowest BCUT2D eigenvalue weighted by Crippen LogP contribution is -2.74. The molecule has 7 rings (SSSR count). The smallest absolute Gasteiger partial charge is 0.233 e. The van der Waals surface area contributed by atoms with Crippen molar-refractivity contribution in [2.75, 3.05) is 0 Å². The average molecular weight is 444 g/mol. The summed E-state index contributed by atoms with van der Waals surface area (Å²) >= 11 is 4.31. The molecule has 7 aliphatic rings. The van der Waals surface area contributed by atoms with E-state index in [1.54, 1.807) is 0 Å². The minimum absolute atomic E-state index is 0.617. The van der Waals surface area contributed by atoms with Crippen LogP contribution in [0, 0.1) is 11.8 Å². The summed E-state index contributed by atoms with van der Waals surface area (Å²) in [5.74, 6) is 5.15. The lowest BCUT2D eigenvalue weighted by atomic mass is 9.39. The van der Waals surface area contributed by atoms with Crippen LogP contribution in [0.15, 0.2) is 4.99 Å². The molecule has 0 bridgehead atoms. The first-order chi connectivity index (χ1) is 13.8. The third-order valence-corrected chi connectivity index (χ3v) is 11.6. The van der Waals surface area contributed by atoms with Crippen molar-refractivity contribution in [1.82, 2.24) is 9.80 Å². The van der Waals surface area contributed by atoms with Gasteiger partial charge in [-0.25, -0.2) is 4.99 Å². The molecule has 28 heavy (non-hydrogen) atoms. The summed E-state index contributed by atoms with van der Waals surface area (Å²) < 4.78 is 0. The first-order valence-corrected chi connectivity index (χ1v) is 13.5. The van der Waals surface area contributed by atoms with Gasteiger partial charge in [0, 0.05) is 24.0 Å². The van der Waals surface area contributed by atoms with Crippen LogP contribution in [0.4, 0.5) is 0 Å². The van der Waals surface area contributed by atoms with Gasteiger partial charge in [-0.3, -0.25) is 0 Å². The Labute approximate surface area is 179 Å². The SMILES string of the molecule is BrB1C2CCCCC2N2C3=NC4CCCCC4N3C3CCCC4CCC1C2C43. The fraction of sp³-hybridized carbons (Fsp3) is 0.957. The summed E-state index contributed by atoms with van der Waals surface area (Å²) in [6, 6.07) is 3.74. The number of fused-ring (bicyclic) bond motifs is 7. The Balaban J connectivity index is 1.37. The Morgan fingerprint density at radius 3 is 2.43 bits per heavy atom. The lowest BCUT2D eigenvalue weighted by molar-refractivity contribution is -0.0541. The van der Waals surface area contributed by atoms with E-state index in [0.717, 1.165) is 53.2 Å². The van der Waals surface area contributed by atoms with E-state index in [9.17, 15) is 0 Å². The monoisotopic (exact) mass is 443 g/mol. The van der Waals surface area contributed by atoms with Gasteiger partial charge >= 0.3 is 0 Å². The van der Waals surface area contributed by atoms with E-state index in [1.165, 1.54) is 89.4 Å². The highest BCUT2D eigenvalue weighted by Crippen LogP contribution is 2.60. The second-order valence-electron chi connectivity index (χ2n) is 11.2. The van der Waals surface area contributed by atoms with Crippen LogP contribution in [0.1, 0.15) is 83.5 Å². The highest BCUT2D eigenvalue weighted by atomic mass is 79.9. The van der Waals surface area contributed by atoms with Crippen LogP contribution in [0.5, 0.6) is 0 Å². The van der Waals surface area contributed by atoms with Crippen LogP contribution in [-0.2, 0) is 0 Å². The number of guanidine groups is 1. The van der Waals surface area contributed by atoms with Crippen LogP contribution in [-0.4, -0.2) is 51.5 Å². The number of hydrogen-bond donors (Lipinski definition) is 0. The van der Waals surface area contributed by atoms with Gasteiger partial charge < -0.3 is 9.80 Å². The topological polar surface area (TPSA) is 18.8 Å². The third-order valence-electron chi connectivity index (χ3n) is 10.2. The molecule has 4 saturated carbocycles. The van der Waals surface area contributed by atoms with Crippen LogP contribution in [0.25, 0.3) is 0 Å². The summed E-state index contributed by atoms with van der Waals surface area (Å²) in [6.45, 7) is 0. The molecule has 9 atom stereocenters. The molecular formula is C23H35BBrN3. The van der Waals surface area contributed by atoms with Gasteiger partial charge in [0.1, 0.15) is 0 Å². The van der Waals surface area contributed by atoms with Crippen molar-refractivity contribution < 1.29 is 0 Å².